The van der Waals surface area contributed by atoms with Crippen LogP contribution in [-0.2, 0) is 6.18 Å². The normalized spacial score (nSPS) is 12.8. The van der Waals surface area contributed by atoms with Crippen molar-refractivity contribution < 1.29 is 28.1 Å². The second-order valence-electron chi connectivity index (χ2n) is 6.66. The van der Waals surface area contributed by atoms with Gasteiger partial charge in [-0.2, -0.15) is 13.2 Å². The van der Waals surface area contributed by atoms with E-state index >= 15 is 0 Å². The van der Waals surface area contributed by atoms with Crippen LogP contribution in [0.3, 0.4) is 0 Å². The first-order chi connectivity index (χ1) is 14.4. The van der Waals surface area contributed by atoms with Gasteiger partial charge in [0.05, 0.1) is 23.9 Å². The number of rotatable bonds is 5. The third-order valence-corrected chi connectivity index (χ3v) is 4.70. The summed E-state index contributed by atoms with van der Waals surface area (Å²) in [6.45, 7) is -0.401. The van der Waals surface area contributed by atoms with Crippen LogP contribution in [-0.4, -0.2) is 26.4 Å². The molecule has 0 fully saturated rings. The molecular formula is C22H17F3N2O3. The molecule has 0 aliphatic carbocycles. The highest BCUT2D eigenvalue weighted by molar-refractivity contribution is 5.85. The summed E-state index contributed by atoms with van der Waals surface area (Å²) < 4.78 is 45.4. The standard InChI is InChI=1S/C22H17F3N2O3/c23-22(24,25)14-1-5-16(6-2-14)30-17-7-3-15(4-8-17)27-12-19(21(29)13-28)18-9-10-26-11-20(18)27/h1-12,21,28-29H,13H2. The van der Waals surface area contributed by atoms with Crippen molar-refractivity contribution in [3.8, 4) is 17.2 Å². The molecule has 0 amide bonds. The van der Waals surface area contributed by atoms with E-state index in [0.29, 0.717) is 17.1 Å². The van der Waals surface area contributed by atoms with Gasteiger partial charge in [-0.05, 0) is 54.6 Å². The molecule has 0 bridgehead atoms. The van der Waals surface area contributed by atoms with Crippen LogP contribution in [0.5, 0.6) is 11.5 Å². The molecule has 1 atom stereocenters. The van der Waals surface area contributed by atoms with E-state index in [4.69, 9.17) is 4.74 Å². The SMILES string of the molecule is OCC(O)c1cn(-c2ccc(Oc3ccc(C(F)(F)F)cc3)cc2)c2cnccc12. The number of benzene rings is 2. The number of hydrogen-bond acceptors (Lipinski definition) is 4. The molecule has 2 aromatic carbocycles. The highest BCUT2D eigenvalue weighted by atomic mass is 19.4. The van der Waals surface area contributed by atoms with Gasteiger partial charge < -0.3 is 19.5 Å². The monoisotopic (exact) mass is 414 g/mol. The first-order valence-electron chi connectivity index (χ1n) is 9.06. The molecule has 1 unspecified atom stereocenters. The molecule has 154 valence electrons. The zero-order chi connectivity index (χ0) is 21.3. The van der Waals surface area contributed by atoms with Crippen LogP contribution in [0.25, 0.3) is 16.6 Å². The van der Waals surface area contributed by atoms with E-state index < -0.39 is 24.5 Å². The highest BCUT2D eigenvalue weighted by Crippen LogP contribution is 2.32. The van der Waals surface area contributed by atoms with Crippen LogP contribution in [0.15, 0.2) is 73.2 Å². The van der Waals surface area contributed by atoms with Crippen LogP contribution in [0, 0.1) is 0 Å². The van der Waals surface area contributed by atoms with Crippen molar-refractivity contribution >= 4 is 10.9 Å². The quantitative estimate of drug-likeness (QED) is 0.489. The number of pyridine rings is 1. The molecule has 8 heteroatoms. The van der Waals surface area contributed by atoms with E-state index in [2.05, 4.69) is 4.98 Å². The number of ether oxygens (including phenoxy) is 1. The molecular weight excluding hydrogens is 397 g/mol. The van der Waals surface area contributed by atoms with Gasteiger partial charge in [0.2, 0.25) is 0 Å². The van der Waals surface area contributed by atoms with Gasteiger partial charge in [-0.15, -0.1) is 0 Å². The summed E-state index contributed by atoms with van der Waals surface area (Å²) in [7, 11) is 0. The fourth-order valence-corrected chi connectivity index (χ4v) is 3.20. The van der Waals surface area contributed by atoms with E-state index in [0.717, 1.165) is 28.7 Å². The molecule has 0 spiro atoms. The van der Waals surface area contributed by atoms with Gasteiger partial charge in [0.25, 0.3) is 0 Å². The number of aliphatic hydroxyl groups excluding tert-OH is 2. The van der Waals surface area contributed by atoms with Gasteiger partial charge in [0.1, 0.15) is 17.6 Å². The molecule has 2 N–H and O–H groups in total. The third-order valence-electron chi connectivity index (χ3n) is 4.70. The minimum atomic E-state index is -4.39. The predicted octanol–water partition coefficient (Wildman–Crippen LogP) is 4.86. The van der Waals surface area contributed by atoms with Gasteiger partial charge in [0.15, 0.2) is 0 Å². The lowest BCUT2D eigenvalue weighted by Gasteiger charge is -2.10. The Morgan fingerprint density at radius 3 is 2.20 bits per heavy atom. The number of hydrogen-bond donors (Lipinski definition) is 2. The third kappa shape index (κ3) is 3.87. The first-order valence-corrected chi connectivity index (χ1v) is 9.06. The summed E-state index contributed by atoms with van der Waals surface area (Å²) in [6, 6.07) is 13.2. The van der Waals surface area contributed by atoms with Crippen molar-refractivity contribution in [1.82, 2.24) is 9.55 Å². The number of alkyl halides is 3. The van der Waals surface area contributed by atoms with Gasteiger partial charge in [0, 0.05) is 29.0 Å². The lowest BCUT2D eigenvalue weighted by atomic mass is 10.1. The Labute approximate surface area is 169 Å². The van der Waals surface area contributed by atoms with E-state index in [9.17, 15) is 23.4 Å². The number of aromatic nitrogens is 2. The van der Waals surface area contributed by atoms with Crippen LogP contribution in [0.4, 0.5) is 13.2 Å². The van der Waals surface area contributed by atoms with E-state index in [1.165, 1.54) is 12.1 Å². The Balaban J connectivity index is 1.60. The molecule has 4 aromatic rings. The Morgan fingerprint density at radius 2 is 1.60 bits per heavy atom. The van der Waals surface area contributed by atoms with Gasteiger partial charge >= 0.3 is 6.18 Å². The minimum absolute atomic E-state index is 0.291. The van der Waals surface area contributed by atoms with Crippen molar-refractivity contribution in [2.24, 2.45) is 0 Å². The summed E-state index contributed by atoms with van der Waals surface area (Å²) in [6.07, 6.45) is -0.397. The number of aliphatic hydroxyl groups is 2. The second kappa shape index (κ2) is 7.81. The summed E-state index contributed by atoms with van der Waals surface area (Å²) >= 11 is 0. The number of fused-ring (bicyclic) bond motifs is 1. The molecule has 0 aliphatic heterocycles. The summed E-state index contributed by atoms with van der Waals surface area (Å²) in [5.41, 5.74) is 1.37. The van der Waals surface area contributed by atoms with Gasteiger partial charge in [-0.1, -0.05) is 0 Å². The summed E-state index contributed by atoms with van der Waals surface area (Å²) in [5, 5.41) is 20.2. The Kier molecular flexibility index (Phi) is 5.19. The Hall–Kier alpha value is -3.36. The molecule has 2 aromatic heterocycles. The average molecular weight is 414 g/mol. The van der Waals surface area contributed by atoms with E-state index in [-0.39, 0.29) is 0 Å². The second-order valence-corrected chi connectivity index (χ2v) is 6.66. The summed E-state index contributed by atoms with van der Waals surface area (Å²) in [4.78, 5) is 4.13. The molecule has 4 rings (SSSR count). The Bertz CT molecular complexity index is 1150. The zero-order valence-electron chi connectivity index (χ0n) is 15.5. The molecule has 0 aliphatic rings. The van der Waals surface area contributed by atoms with Crippen LogP contribution < -0.4 is 4.74 Å². The molecule has 5 nitrogen and oxygen atoms in total. The van der Waals surface area contributed by atoms with E-state index in [1.807, 2.05) is 4.57 Å². The molecule has 2 heterocycles. The fourth-order valence-electron chi connectivity index (χ4n) is 3.20. The highest BCUT2D eigenvalue weighted by Gasteiger charge is 2.30. The molecule has 0 saturated carbocycles. The fraction of sp³-hybridized carbons (Fsp3) is 0.136. The maximum absolute atomic E-state index is 12.7. The van der Waals surface area contributed by atoms with Crippen LogP contribution in [0.2, 0.25) is 0 Å². The van der Waals surface area contributed by atoms with Gasteiger partial charge in [-0.3, -0.25) is 4.98 Å². The van der Waals surface area contributed by atoms with Crippen molar-refractivity contribution in [2.75, 3.05) is 6.61 Å². The van der Waals surface area contributed by atoms with Crippen LogP contribution in [0.1, 0.15) is 17.2 Å². The largest absolute Gasteiger partial charge is 0.457 e. The first kappa shape index (κ1) is 19.9. The zero-order valence-corrected chi connectivity index (χ0v) is 15.5. The van der Waals surface area contributed by atoms with Crippen molar-refractivity contribution in [3.63, 3.8) is 0 Å². The smallest absolute Gasteiger partial charge is 0.416 e. The lowest BCUT2D eigenvalue weighted by molar-refractivity contribution is -0.137. The van der Waals surface area contributed by atoms with Crippen molar-refractivity contribution in [2.45, 2.75) is 12.3 Å². The number of nitrogens with zero attached hydrogens (tertiary/aromatic N) is 2. The predicted molar refractivity (Wildman–Crippen MR) is 105 cm³/mol. The van der Waals surface area contributed by atoms with Crippen LogP contribution >= 0.6 is 0 Å². The maximum atomic E-state index is 12.7. The summed E-state index contributed by atoms with van der Waals surface area (Å²) in [5.74, 6) is 0.753. The molecule has 0 radical (unpaired) electrons. The van der Waals surface area contributed by atoms with E-state index in [1.54, 1.807) is 48.9 Å². The lowest BCUT2D eigenvalue weighted by Crippen LogP contribution is -2.03. The van der Waals surface area contributed by atoms with Crippen molar-refractivity contribution in [3.05, 3.63) is 84.3 Å². The topological polar surface area (TPSA) is 67.5 Å². The Morgan fingerprint density at radius 1 is 0.967 bits per heavy atom. The van der Waals surface area contributed by atoms with Crippen molar-refractivity contribution in [1.29, 1.82) is 0 Å². The number of halogens is 3. The average Bonchev–Trinajstić information content (AvgIpc) is 3.13. The van der Waals surface area contributed by atoms with Gasteiger partial charge in [-0.25, -0.2) is 0 Å². The molecule has 30 heavy (non-hydrogen) atoms. The maximum Gasteiger partial charge on any atom is 0.416 e. The minimum Gasteiger partial charge on any atom is -0.457 e. The molecule has 0 saturated heterocycles.